The molecule has 0 aromatic heterocycles. The van der Waals surface area contributed by atoms with Crippen molar-refractivity contribution in [3.8, 4) is 0 Å². The van der Waals surface area contributed by atoms with E-state index in [0.717, 1.165) is 29.2 Å². The molecule has 1 saturated heterocycles. The van der Waals surface area contributed by atoms with Crippen molar-refractivity contribution in [2.24, 2.45) is 5.92 Å². The van der Waals surface area contributed by atoms with Gasteiger partial charge in [-0.15, -0.1) is 0 Å². The molecular formula is C22H24FNO3S2. The van der Waals surface area contributed by atoms with Gasteiger partial charge < -0.3 is 0 Å². The van der Waals surface area contributed by atoms with Crippen molar-refractivity contribution in [1.82, 2.24) is 4.90 Å². The molecule has 29 heavy (non-hydrogen) atoms. The van der Waals surface area contributed by atoms with Crippen LogP contribution in [-0.4, -0.2) is 37.4 Å². The van der Waals surface area contributed by atoms with E-state index in [-0.39, 0.29) is 22.8 Å². The van der Waals surface area contributed by atoms with Gasteiger partial charge >= 0.3 is 0 Å². The van der Waals surface area contributed by atoms with Crippen molar-refractivity contribution < 1.29 is 17.6 Å². The van der Waals surface area contributed by atoms with E-state index in [1.807, 2.05) is 11.8 Å². The van der Waals surface area contributed by atoms with E-state index in [2.05, 4.69) is 0 Å². The minimum Gasteiger partial charge on any atom is -0.297 e. The molecule has 1 saturated carbocycles. The van der Waals surface area contributed by atoms with Gasteiger partial charge in [0.2, 0.25) is 8.87 Å². The normalized spacial score (nSPS) is 21.2. The van der Waals surface area contributed by atoms with Gasteiger partial charge in [-0.05, 0) is 55.2 Å². The van der Waals surface area contributed by atoms with E-state index in [1.165, 1.54) is 6.07 Å². The summed E-state index contributed by atoms with van der Waals surface area (Å²) in [6.07, 6.45) is 2.37. The zero-order valence-electron chi connectivity index (χ0n) is 16.3. The topological polar surface area (TPSA) is 54.5 Å². The Hall–Kier alpha value is -1.70. The number of hydrogen-bond acceptors (Lipinski definition) is 5. The van der Waals surface area contributed by atoms with E-state index in [9.17, 15) is 17.6 Å². The van der Waals surface area contributed by atoms with Crippen molar-refractivity contribution in [2.75, 3.05) is 13.1 Å². The number of likely N-dealkylation sites (tertiary alicyclic amines) is 1. The van der Waals surface area contributed by atoms with Crippen molar-refractivity contribution in [2.45, 2.75) is 42.4 Å². The highest BCUT2D eigenvalue weighted by Crippen LogP contribution is 2.41. The fraction of sp³-hybridized carbons (Fsp3) is 0.409. The molecule has 7 heteroatoms. The first-order valence-corrected chi connectivity index (χ1v) is 12.8. The molecule has 1 aliphatic heterocycles. The number of ketones is 1. The standard InChI is InChI=1S/C22H24FNO3S2/c1-15-6-10-18(11-7-15)29(26,27)28-17-12-13-24(14-17)21(22(25)16-8-9-16)19-4-2-3-5-20(19)23/h2-7,10-11,16-17,21H,8-9,12-14H2,1H3. The maximum Gasteiger partial charge on any atom is 0.230 e. The predicted molar refractivity (Wildman–Crippen MR) is 113 cm³/mol. The Bertz CT molecular complexity index is 1000. The van der Waals surface area contributed by atoms with E-state index < -0.39 is 14.9 Å². The molecule has 4 rings (SSSR count). The number of carbonyl (C=O) groups is 1. The lowest BCUT2D eigenvalue weighted by molar-refractivity contribution is -0.125. The van der Waals surface area contributed by atoms with Gasteiger partial charge in [-0.25, -0.2) is 12.8 Å². The van der Waals surface area contributed by atoms with Crippen LogP contribution in [0.15, 0.2) is 53.4 Å². The lowest BCUT2D eigenvalue weighted by Gasteiger charge is -2.27. The Morgan fingerprint density at radius 3 is 2.45 bits per heavy atom. The quantitative estimate of drug-likeness (QED) is 0.608. The Kier molecular flexibility index (Phi) is 5.82. The molecule has 4 nitrogen and oxygen atoms in total. The third-order valence-electron chi connectivity index (χ3n) is 5.56. The second-order valence-electron chi connectivity index (χ2n) is 7.87. The first-order valence-electron chi connectivity index (χ1n) is 9.87. The highest BCUT2D eigenvalue weighted by Gasteiger charge is 2.42. The molecule has 0 amide bonds. The maximum atomic E-state index is 14.5. The fourth-order valence-corrected chi connectivity index (χ4v) is 7.43. The molecular weight excluding hydrogens is 409 g/mol. The highest BCUT2D eigenvalue weighted by molar-refractivity contribution is 8.72. The summed E-state index contributed by atoms with van der Waals surface area (Å²) in [5, 5.41) is -0.150. The van der Waals surface area contributed by atoms with Gasteiger partial charge in [-0.3, -0.25) is 9.69 Å². The average molecular weight is 434 g/mol. The maximum absolute atomic E-state index is 14.5. The van der Waals surface area contributed by atoms with E-state index in [4.69, 9.17) is 0 Å². The molecule has 0 spiro atoms. The summed E-state index contributed by atoms with van der Waals surface area (Å²) in [5.74, 6) is -0.320. The van der Waals surface area contributed by atoms with Crippen LogP contribution in [0, 0.1) is 18.7 Å². The zero-order chi connectivity index (χ0) is 20.6. The SMILES string of the molecule is Cc1ccc(S(=O)(=O)SC2CCN(C(C(=O)C3CC3)c3ccccc3F)C2)cc1. The van der Waals surface area contributed by atoms with Crippen molar-refractivity contribution in [1.29, 1.82) is 0 Å². The van der Waals surface area contributed by atoms with Gasteiger partial charge in [0.25, 0.3) is 0 Å². The number of benzene rings is 2. The van der Waals surface area contributed by atoms with Gasteiger partial charge in [0.05, 0.1) is 10.9 Å². The predicted octanol–water partition coefficient (Wildman–Crippen LogP) is 4.35. The molecule has 2 unspecified atom stereocenters. The fourth-order valence-electron chi connectivity index (χ4n) is 3.82. The second kappa shape index (κ2) is 8.20. The third-order valence-corrected chi connectivity index (χ3v) is 9.48. The summed E-state index contributed by atoms with van der Waals surface area (Å²) in [6.45, 7) is 2.95. The molecule has 2 aromatic rings. The van der Waals surface area contributed by atoms with Gasteiger partial charge in [-0.1, -0.05) is 35.9 Å². The van der Waals surface area contributed by atoms with Crippen LogP contribution in [0.25, 0.3) is 0 Å². The lowest BCUT2D eigenvalue weighted by atomic mass is 9.98. The summed E-state index contributed by atoms with van der Waals surface area (Å²) >= 11 is 0. The minimum atomic E-state index is -3.48. The van der Waals surface area contributed by atoms with Crippen LogP contribution in [0.1, 0.15) is 36.4 Å². The molecule has 0 bridgehead atoms. The van der Waals surface area contributed by atoms with E-state index >= 15 is 0 Å². The van der Waals surface area contributed by atoms with Crippen molar-refractivity contribution >= 4 is 25.4 Å². The number of hydrogen-bond donors (Lipinski definition) is 0. The van der Waals surface area contributed by atoms with E-state index in [1.54, 1.807) is 42.5 Å². The molecule has 1 aliphatic carbocycles. The molecule has 2 atom stereocenters. The highest BCUT2D eigenvalue weighted by atomic mass is 33.1. The smallest absolute Gasteiger partial charge is 0.230 e. The minimum absolute atomic E-state index is 0.00241. The summed E-state index contributed by atoms with van der Waals surface area (Å²) in [4.78, 5) is 15.2. The van der Waals surface area contributed by atoms with Crippen LogP contribution in [0.2, 0.25) is 0 Å². The summed E-state index contributed by atoms with van der Waals surface area (Å²) in [5.41, 5.74) is 1.41. The van der Waals surface area contributed by atoms with Gasteiger partial charge in [0.1, 0.15) is 5.82 Å². The van der Waals surface area contributed by atoms with Crippen molar-refractivity contribution in [3.63, 3.8) is 0 Å². The summed E-state index contributed by atoms with van der Waals surface area (Å²) in [6, 6.07) is 12.6. The first kappa shape index (κ1) is 20.6. The number of rotatable bonds is 7. The number of halogens is 1. The molecule has 154 valence electrons. The van der Waals surface area contributed by atoms with Crippen LogP contribution in [-0.2, 0) is 13.7 Å². The molecule has 1 heterocycles. The number of aryl methyl sites for hydroxylation is 1. The Labute approximate surface area is 174 Å². The third kappa shape index (κ3) is 4.57. The van der Waals surface area contributed by atoms with Crippen LogP contribution >= 0.6 is 10.8 Å². The van der Waals surface area contributed by atoms with Gasteiger partial charge in [0.15, 0.2) is 5.78 Å². The Balaban J connectivity index is 1.51. The molecule has 0 N–H and O–H groups in total. The van der Waals surface area contributed by atoms with E-state index in [0.29, 0.717) is 30.0 Å². The monoisotopic (exact) mass is 433 g/mol. The molecule has 2 fully saturated rings. The number of carbonyl (C=O) groups excluding carboxylic acids is 1. The zero-order valence-corrected chi connectivity index (χ0v) is 17.9. The van der Waals surface area contributed by atoms with Crippen LogP contribution in [0.5, 0.6) is 0 Å². The van der Waals surface area contributed by atoms with Crippen LogP contribution in [0.4, 0.5) is 4.39 Å². The largest absolute Gasteiger partial charge is 0.297 e. The Morgan fingerprint density at radius 1 is 1.10 bits per heavy atom. The first-order chi connectivity index (χ1) is 13.8. The number of Topliss-reactive ketones (excluding diaryl/α,β-unsaturated/α-hetero) is 1. The van der Waals surface area contributed by atoms with Crippen LogP contribution < -0.4 is 0 Å². The summed E-state index contributed by atoms with van der Waals surface area (Å²) < 4.78 is 40.0. The lowest BCUT2D eigenvalue weighted by Crippen LogP contribution is -2.34. The second-order valence-corrected chi connectivity index (χ2v) is 12.0. The van der Waals surface area contributed by atoms with Gasteiger partial charge in [0, 0.05) is 29.8 Å². The Morgan fingerprint density at radius 2 is 1.79 bits per heavy atom. The van der Waals surface area contributed by atoms with Gasteiger partial charge in [-0.2, -0.15) is 0 Å². The summed E-state index contributed by atoms with van der Waals surface area (Å²) in [7, 11) is -2.53. The molecule has 2 aliphatic rings. The number of nitrogens with zero attached hydrogens (tertiary/aromatic N) is 1. The van der Waals surface area contributed by atoms with Crippen LogP contribution in [0.3, 0.4) is 0 Å². The molecule has 0 radical (unpaired) electrons. The molecule has 2 aromatic carbocycles. The van der Waals surface area contributed by atoms with Crippen molar-refractivity contribution in [3.05, 3.63) is 65.5 Å². The average Bonchev–Trinajstić information content (AvgIpc) is 3.44.